The topological polar surface area (TPSA) is 40.9 Å². The Labute approximate surface area is 117 Å². The van der Waals surface area contributed by atoms with Gasteiger partial charge in [0.25, 0.3) is 0 Å². The van der Waals surface area contributed by atoms with Gasteiger partial charge in [0.1, 0.15) is 11.7 Å². The summed E-state index contributed by atoms with van der Waals surface area (Å²) in [6.45, 7) is 0. The maximum atomic E-state index is 13.0. The van der Waals surface area contributed by atoms with Gasteiger partial charge in [0, 0.05) is 5.92 Å². The lowest BCUT2D eigenvalue weighted by molar-refractivity contribution is -0.121. The molecule has 4 rings (SSSR count). The van der Waals surface area contributed by atoms with E-state index in [0.717, 1.165) is 11.8 Å². The molecule has 5 atom stereocenters. The van der Waals surface area contributed by atoms with Gasteiger partial charge in [-0.25, -0.2) is 4.39 Å². The number of nitrogens with zero attached hydrogens (tertiary/aromatic N) is 1. The molecule has 102 valence electrons. The highest BCUT2D eigenvalue weighted by Crippen LogP contribution is 2.70. The third-order valence-electron chi connectivity index (χ3n) is 5.68. The molecule has 0 spiro atoms. The zero-order chi connectivity index (χ0) is 13.9. The standard InChI is InChI=1S/C17H16FNO/c18-12-5-3-9(4-6-12)13(8-19)17(20)16-14-10-1-2-11(7-10)15(14)16/h3-6,10-11,13-16H,1-2,7H2. The zero-order valence-electron chi connectivity index (χ0n) is 11.1. The molecule has 1 aromatic carbocycles. The van der Waals surface area contributed by atoms with Crippen LogP contribution in [-0.2, 0) is 4.79 Å². The molecule has 0 radical (unpaired) electrons. The minimum Gasteiger partial charge on any atom is -0.298 e. The number of halogens is 1. The van der Waals surface area contributed by atoms with Crippen molar-refractivity contribution in [3.63, 3.8) is 0 Å². The molecule has 1 aromatic rings. The van der Waals surface area contributed by atoms with Crippen LogP contribution in [0.15, 0.2) is 24.3 Å². The summed E-state index contributed by atoms with van der Waals surface area (Å²) in [6.07, 6.45) is 3.83. The minimum atomic E-state index is -0.717. The van der Waals surface area contributed by atoms with Gasteiger partial charge >= 0.3 is 0 Å². The summed E-state index contributed by atoms with van der Waals surface area (Å²) in [4.78, 5) is 12.6. The number of hydrogen-bond donors (Lipinski definition) is 0. The van der Waals surface area contributed by atoms with Crippen molar-refractivity contribution in [3.8, 4) is 6.07 Å². The van der Waals surface area contributed by atoms with Crippen molar-refractivity contribution in [2.24, 2.45) is 29.6 Å². The molecule has 5 unspecified atom stereocenters. The maximum Gasteiger partial charge on any atom is 0.158 e. The summed E-state index contributed by atoms with van der Waals surface area (Å²) >= 11 is 0. The number of rotatable bonds is 3. The number of nitriles is 1. The van der Waals surface area contributed by atoms with Crippen molar-refractivity contribution >= 4 is 5.78 Å². The quantitative estimate of drug-likeness (QED) is 0.844. The van der Waals surface area contributed by atoms with Crippen LogP contribution in [0.25, 0.3) is 0 Å². The van der Waals surface area contributed by atoms with Gasteiger partial charge in [-0.05, 0) is 60.6 Å². The Morgan fingerprint density at radius 3 is 2.35 bits per heavy atom. The van der Waals surface area contributed by atoms with Crippen molar-refractivity contribution in [1.29, 1.82) is 5.26 Å². The van der Waals surface area contributed by atoms with Crippen molar-refractivity contribution in [3.05, 3.63) is 35.6 Å². The normalized spacial score (nSPS) is 38.1. The van der Waals surface area contributed by atoms with Crippen LogP contribution >= 0.6 is 0 Å². The molecule has 0 amide bonds. The van der Waals surface area contributed by atoms with E-state index in [9.17, 15) is 14.4 Å². The van der Waals surface area contributed by atoms with E-state index in [-0.39, 0.29) is 17.5 Å². The Morgan fingerprint density at radius 2 is 1.80 bits per heavy atom. The van der Waals surface area contributed by atoms with Crippen molar-refractivity contribution in [1.82, 2.24) is 0 Å². The molecule has 0 N–H and O–H groups in total. The van der Waals surface area contributed by atoms with Gasteiger partial charge in [0.15, 0.2) is 5.78 Å². The van der Waals surface area contributed by atoms with E-state index in [1.54, 1.807) is 12.1 Å². The molecular weight excluding hydrogens is 253 g/mol. The largest absolute Gasteiger partial charge is 0.298 e. The number of fused-ring (bicyclic) bond motifs is 5. The van der Waals surface area contributed by atoms with Crippen molar-refractivity contribution in [2.75, 3.05) is 0 Å². The lowest BCUT2D eigenvalue weighted by Crippen LogP contribution is -2.17. The number of Topliss-reactive ketones (excluding diaryl/α,β-unsaturated/α-hetero) is 1. The Bertz CT molecular complexity index is 586. The Kier molecular flexibility index (Phi) is 2.51. The second kappa shape index (κ2) is 4.15. The Hall–Kier alpha value is -1.69. The molecule has 3 aliphatic rings. The Balaban J connectivity index is 1.56. The summed E-state index contributed by atoms with van der Waals surface area (Å²) in [5.41, 5.74) is 0.635. The second-order valence-electron chi connectivity index (χ2n) is 6.53. The highest BCUT2D eigenvalue weighted by Gasteiger charge is 2.67. The molecule has 2 bridgehead atoms. The SMILES string of the molecule is N#CC(C(=O)C1C2C3CCC(C3)C12)c1ccc(F)cc1. The molecule has 3 aliphatic carbocycles. The first kappa shape index (κ1) is 12.1. The van der Waals surface area contributed by atoms with Crippen LogP contribution in [0.5, 0.6) is 0 Å². The van der Waals surface area contributed by atoms with E-state index >= 15 is 0 Å². The fourth-order valence-electron chi connectivity index (χ4n) is 4.86. The van der Waals surface area contributed by atoms with E-state index in [1.807, 2.05) is 0 Å². The number of benzene rings is 1. The third-order valence-corrected chi connectivity index (χ3v) is 5.68. The van der Waals surface area contributed by atoms with Crippen LogP contribution in [0.4, 0.5) is 4.39 Å². The van der Waals surface area contributed by atoms with Crippen LogP contribution in [-0.4, -0.2) is 5.78 Å². The predicted octanol–water partition coefficient (Wildman–Crippen LogP) is 3.29. The van der Waals surface area contributed by atoms with Gasteiger partial charge in [0.2, 0.25) is 0 Å². The smallest absolute Gasteiger partial charge is 0.158 e. The summed E-state index contributed by atoms with van der Waals surface area (Å²) < 4.78 is 13.0. The fourth-order valence-corrected chi connectivity index (χ4v) is 4.86. The van der Waals surface area contributed by atoms with Crippen molar-refractivity contribution in [2.45, 2.75) is 25.2 Å². The molecule has 0 aromatic heterocycles. The van der Waals surface area contributed by atoms with Gasteiger partial charge in [-0.15, -0.1) is 0 Å². The van der Waals surface area contributed by atoms with Crippen LogP contribution in [0.3, 0.4) is 0 Å². The number of ketones is 1. The summed E-state index contributed by atoms with van der Waals surface area (Å²) in [6, 6.07) is 7.90. The van der Waals surface area contributed by atoms with Crippen LogP contribution < -0.4 is 0 Å². The summed E-state index contributed by atoms with van der Waals surface area (Å²) in [7, 11) is 0. The van der Waals surface area contributed by atoms with Gasteiger partial charge in [-0.1, -0.05) is 12.1 Å². The van der Waals surface area contributed by atoms with E-state index < -0.39 is 5.92 Å². The van der Waals surface area contributed by atoms with E-state index in [2.05, 4.69) is 6.07 Å². The predicted molar refractivity (Wildman–Crippen MR) is 71.1 cm³/mol. The van der Waals surface area contributed by atoms with Gasteiger partial charge < -0.3 is 0 Å². The average molecular weight is 269 g/mol. The van der Waals surface area contributed by atoms with E-state index in [1.165, 1.54) is 31.4 Å². The third kappa shape index (κ3) is 1.57. The second-order valence-corrected chi connectivity index (χ2v) is 6.53. The van der Waals surface area contributed by atoms with E-state index in [0.29, 0.717) is 17.4 Å². The van der Waals surface area contributed by atoms with Crippen molar-refractivity contribution < 1.29 is 9.18 Å². The highest BCUT2D eigenvalue weighted by atomic mass is 19.1. The molecule has 0 saturated heterocycles. The number of carbonyl (C=O) groups excluding carboxylic acids is 1. The zero-order valence-corrected chi connectivity index (χ0v) is 11.1. The maximum absolute atomic E-state index is 13.0. The molecule has 20 heavy (non-hydrogen) atoms. The molecular formula is C17H16FNO. The minimum absolute atomic E-state index is 0.0747. The van der Waals surface area contributed by atoms with Crippen LogP contribution in [0, 0.1) is 46.7 Å². The number of carbonyl (C=O) groups is 1. The number of hydrogen-bond acceptors (Lipinski definition) is 2. The van der Waals surface area contributed by atoms with Crippen LogP contribution in [0.2, 0.25) is 0 Å². The summed E-state index contributed by atoms with van der Waals surface area (Å²) in [5.74, 6) is 1.69. The molecule has 3 heteroatoms. The molecule has 0 aliphatic heterocycles. The van der Waals surface area contributed by atoms with Gasteiger partial charge in [-0.3, -0.25) is 4.79 Å². The molecule has 2 nitrogen and oxygen atoms in total. The lowest BCUT2D eigenvalue weighted by atomic mass is 9.89. The first-order valence-corrected chi connectivity index (χ1v) is 7.39. The molecule has 0 heterocycles. The van der Waals surface area contributed by atoms with Crippen LogP contribution in [0.1, 0.15) is 30.7 Å². The van der Waals surface area contributed by atoms with E-state index in [4.69, 9.17) is 0 Å². The first-order valence-electron chi connectivity index (χ1n) is 7.39. The molecule has 3 saturated carbocycles. The monoisotopic (exact) mass is 269 g/mol. The Morgan fingerprint density at radius 1 is 1.20 bits per heavy atom. The van der Waals surface area contributed by atoms with Gasteiger partial charge in [0.05, 0.1) is 6.07 Å². The van der Waals surface area contributed by atoms with Gasteiger partial charge in [-0.2, -0.15) is 5.26 Å². The lowest BCUT2D eigenvalue weighted by Gasteiger charge is -2.12. The average Bonchev–Trinajstić information content (AvgIpc) is 2.90. The molecule has 3 fully saturated rings. The highest BCUT2D eigenvalue weighted by molar-refractivity contribution is 5.93. The first-order chi connectivity index (χ1) is 9.70. The fraction of sp³-hybridized carbons (Fsp3) is 0.529. The summed E-state index contributed by atoms with van der Waals surface area (Å²) in [5, 5.41) is 9.34.